The van der Waals surface area contributed by atoms with Gasteiger partial charge in [-0.2, -0.15) is 4.37 Å². The summed E-state index contributed by atoms with van der Waals surface area (Å²) in [5.41, 5.74) is 0. The van der Waals surface area contributed by atoms with Gasteiger partial charge in [-0.05, 0) is 18.0 Å². The fraction of sp³-hybridized carbons (Fsp3) is 0.600. The highest BCUT2D eigenvalue weighted by atomic mass is 32.2. The van der Waals surface area contributed by atoms with E-state index in [1.165, 1.54) is 11.5 Å². The van der Waals surface area contributed by atoms with E-state index in [0.717, 1.165) is 45.4 Å². The summed E-state index contributed by atoms with van der Waals surface area (Å²) in [5.74, 6) is 1.73. The fourth-order valence-electron chi connectivity index (χ4n) is 1.18. The van der Waals surface area contributed by atoms with Gasteiger partial charge in [-0.3, -0.25) is 0 Å². The Balaban J connectivity index is 1.84. The van der Waals surface area contributed by atoms with E-state index >= 15 is 0 Å². The maximum absolute atomic E-state index is 4.41. The first kappa shape index (κ1) is 13.7. The number of aromatic nitrogens is 4. The van der Waals surface area contributed by atoms with Crippen LogP contribution < -0.4 is 5.32 Å². The maximum Gasteiger partial charge on any atom is 0.205 e. The molecule has 0 saturated carbocycles. The summed E-state index contributed by atoms with van der Waals surface area (Å²) < 4.78 is 5.26. The molecule has 2 aromatic rings. The first-order chi connectivity index (χ1) is 8.81. The van der Waals surface area contributed by atoms with Gasteiger partial charge in [0, 0.05) is 13.0 Å². The molecule has 1 N–H and O–H groups in total. The SMILES string of the molecule is CCCNc1nnc(CSc2nc(CC)ns2)s1. The first-order valence-electron chi connectivity index (χ1n) is 5.83. The van der Waals surface area contributed by atoms with Crippen molar-refractivity contribution in [3.8, 4) is 0 Å². The molecule has 0 atom stereocenters. The Morgan fingerprint density at radius 1 is 1.28 bits per heavy atom. The van der Waals surface area contributed by atoms with Crippen molar-refractivity contribution in [3.63, 3.8) is 0 Å². The van der Waals surface area contributed by atoms with Crippen molar-refractivity contribution in [3.05, 3.63) is 10.8 Å². The molecule has 0 aliphatic carbocycles. The molecule has 2 heterocycles. The van der Waals surface area contributed by atoms with Crippen molar-refractivity contribution in [2.24, 2.45) is 0 Å². The molecular formula is C10H15N5S3. The molecule has 0 amide bonds. The van der Waals surface area contributed by atoms with E-state index in [0.29, 0.717) is 0 Å². The van der Waals surface area contributed by atoms with Gasteiger partial charge < -0.3 is 5.32 Å². The quantitative estimate of drug-likeness (QED) is 0.793. The van der Waals surface area contributed by atoms with Gasteiger partial charge in [0.25, 0.3) is 0 Å². The zero-order valence-electron chi connectivity index (χ0n) is 10.3. The van der Waals surface area contributed by atoms with E-state index in [2.05, 4.69) is 38.7 Å². The molecule has 0 aliphatic rings. The van der Waals surface area contributed by atoms with Crippen molar-refractivity contribution in [2.45, 2.75) is 36.8 Å². The normalized spacial score (nSPS) is 10.8. The predicted molar refractivity (Wildman–Crippen MR) is 77.5 cm³/mol. The highest BCUT2D eigenvalue weighted by Gasteiger charge is 2.07. The molecule has 0 radical (unpaired) electrons. The lowest BCUT2D eigenvalue weighted by atomic mass is 10.5. The number of aryl methyl sites for hydroxylation is 1. The average molecular weight is 301 g/mol. The van der Waals surface area contributed by atoms with Gasteiger partial charge in [0.15, 0.2) is 4.34 Å². The topological polar surface area (TPSA) is 63.6 Å². The number of thioether (sulfide) groups is 1. The van der Waals surface area contributed by atoms with Gasteiger partial charge in [0.05, 0.1) is 5.75 Å². The van der Waals surface area contributed by atoms with Crippen LogP contribution in [-0.4, -0.2) is 26.1 Å². The summed E-state index contributed by atoms with van der Waals surface area (Å²) in [5, 5.41) is 13.4. The number of nitrogens with one attached hydrogen (secondary N) is 1. The van der Waals surface area contributed by atoms with Crippen LogP contribution in [0.3, 0.4) is 0 Å². The van der Waals surface area contributed by atoms with Crippen molar-refractivity contribution in [2.75, 3.05) is 11.9 Å². The molecule has 0 aromatic carbocycles. The molecule has 5 nitrogen and oxygen atoms in total. The van der Waals surface area contributed by atoms with E-state index in [-0.39, 0.29) is 0 Å². The summed E-state index contributed by atoms with van der Waals surface area (Å²) in [6, 6.07) is 0. The summed E-state index contributed by atoms with van der Waals surface area (Å²) in [4.78, 5) is 4.41. The first-order valence-corrected chi connectivity index (χ1v) is 8.41. The maximum atomic E-state index is 4.41. The molecule has 98 valence electrons. The zero-order valence-corrected chi connectivity index (χ0v) is 12.8. The second-order valence-corrected chi connectivity index (χ2v) is 6.58. The second kappa shape index (κ2) is 7.01. The Morgan fingerprint density at radius 2 is 2.17 bits per heavy atom. The van der Waals surface area contributed by atoms with Crippen LogP contribution in [0.25, 0.3) is 0 Å². The number of rotatable bonds is 7. The Morgan fingerprint density at radius 3 is 2.89 bits per heavy atom. The Labute approximate surface area is 119 Å². The van der Waals surface area contributed by atoms with Crippen LogP contribution >= 0.6 is 34.6 Å². The minimum Gasteiger partial charge on any atom is -0.360 e. The highest BCUT2D eigenvalue weighted by molar-refractivity contribution is 8.00. The van der Waals surface area contributed by atoms with Gasteiger partial charge in [-0.15, -0.1) is 10.2 Å². The monoisotopic (exact) mass is 301 g/mol. The van der Waals surface area contributed by atoms with E-state index < -0.39 is 0 Å². The van der Waals surface area contributed by atoms with Gasteiger partial charge in [0.1, 0.15) is 10.8 Å². The third kappa shape index (κ3) is 3.89. The summed E-state index contributed by atoms with van der Waals surface area (Å²) in [6.07, 6.45) is 1.98. The second-order valence-electron chi connectivity index (χ2n) is 3.55. The molecule has 0 spiro atoms. The van der Waals surface area contributed by atoms with Crippen molar-refractivity contribution in [1.29, 1.82) is 0 Å². The van der Waals surface area contributed by atoms with Crippen LogP contribution in [-0.2, 0) is 12.2 Å². The van der Waals surface area contributed by atoms with E-state index in [9.17, 15) is 0 Å². The van der Waals surface area contributed by atoms with Gasteiger partial charge in [-0.25, -0.2) is 4.98 Å². The largest absolute Gasteiger partial charge is 0.360 e. The molecule has 2 aromatic heterocycles. The van der Waals surface area contributed by atoms with Gasteiger partial charge in [-0.1, -0.05) is 36.9 Å². The third-order valence-electron chi connectivity index (χ3n) is 2.08. The van der Waals surface area contributed by atoms with Crippen LogP contribution in [0.5, 0.6) is 0 Å². The zero-order chi connectivity index (χ0) is 12.8. The molecule has 0 aliphatic heterocycles. The van der Waals surface area contributed by atoms with E-state index in [1.54, 1.807) is 23.1 Å². The Bertz CT molecular complexity index is 481. The van der Waals surface area contributed by atoms with Crippen molar-refractivity contribution >= 4 is 39.8 Å². The smallest absolute Gasteiger partial charge is 0.205 e. The van der Waals surface area contributed by atoms with Crippen LogP contribution in [0.2, 0.25) is 0 Å². The van der Waals surface area contributed by atoms with E-state index in [4.69, 9.17) is 0 Å². The Kier molecular flexibility index (Phi) is 5.33. The average Bonchev–Trinajstić information content (AvgIpc) is 3.03. The van der Waals surface area contributed by atoms with E-state index in [1.807, 2.05) is 0 Å². The summed E-state index contributed by atoms with van der Waals surface area (Å²) >= 11 is 4.74. The predicted octanol–water partition coefficient (Wildman–Crippen LogP) is 3.07. The van der Waals surface area contributed by atoms with Crippen molar-refractivity contribution < 1.29 is 0 Å². The molecule has 0 saturated heterocycles. The Hall–Kier alpha value is -0.730. The van der Waals surface area contributed by atoms with Crippen LogP contribution in [0.15, 0.2) is 4.34 Å². The van der Waals surface area contributed by atoms with Crippen LogP contribution in [0.4, 0.5) is 5.13 Å². The number of hydrogen-bond acceptors (Lipinski definition) is 8. The molecule has 0 unspecified atom stereocenters. The minimum atomic E-state index is 0.809. The number of hydrogen-bond donors (Lipinski definition) is 1. The van der Waals surface area contributed by atoms with Gasteiger partial charge in [0.2, 0.25) is 5.13 Å². The van der Waals surface area contributed by atoms with Gasteiger partial charge >= 0.3 is 0 Å². The number of anilines is 1. The van der Waals surface area contributed by atoms with Crippen molar-refractivity contribution in [1.82, 2.24) is 19.6 Å². The lowest BCUT2D eigenvalue weighted by molar-refractivity contribution is 0.957. The van der Waals surface area contributed by atoms with Crippen LogP contribution in [0, 0.1) is 0 Å². The minimum absolute atomic E-state index is 0.809. The third-order valence-corrected chi connectivity index (χ3v) is 5.02. The molecule has 8 heteroatoms. The highest BCUT2D eigenvalue weighted by Crippen LogP contribution is 2.27. The molecule has 2 rings (SSSR count). The molecular weight excluding hydrogens is 286 g/mol. The molecule has 18 heavy (non-hydrogen) atoms. The van der Waals surface area contributed by atoms with Crippen LogP contribution in [0.1, 0.15) is 31.1 Å². The molecule has 0 fully saturated rings. The summed E-state index contributed by atoms with van der Waals surface area (Å²) in [7, 11) is 0. The number of nitrogens with zero attached hydrogens (tertiary/aromatic N) is 4. The lowest BCUT2D eigenvalue weighted by Crippen LogP contribution is -1.98. The fourth-order valence-corrected chi connectivity index (χ4v) is 3.63. The lowest BCUT2D eigenvalue weighted by Gasteiger charge is -1.95. The molecule has 0 bridgehead atoms. The summed E-state index contributed by atoms with van der Waals surface area (Å²) in [6.45, 7) is 5.14. The standard InChI is InChI=1S/C10H15N5S3/c1-3-5-11-9-14-13-8(17-9)6-16-10-12-7(4-2)15-18-10/h3-6H2,1-2H3,(H,11,14).